The van der Waals surface area contributed by atoms with Crippen molar-refractivity contribution >= 4 is 5.95 Å². The molecular formula is C16H28N4. The molecule has 20 heavy (non-hydrogen) atoms. The van der Waals surface area contributed by atoms with E-state index in [4.69, 9.17) is 0 Å². The molecule has 0 aliphatic carbocycles. The van der Waals surface area contributed by atoms with E-state index in [1.54, 1.807) is 0 Å². The first-order valence-electron chi connectivity index (χ1n) is 7.64. The summed E-state index contributed by atoms with van der Waals surface area (Å²) in [5.41, 5.74) is 2.68. The van der Waals surface area contributed by atoms with Crippen LogP contribution in [0.15, 0.2) is 6.20 Å². The van der Waals surface area contributed by atoms with E-state index in [0.29, 0.717) is 5.41 Å². The fraction of sp³-hybridized carbons (Fsp3) is 0.750. The van der Waals surface area contributed by atoms with Gasteiger partial charge in [-0.3, -0.25) is 0 Å². The van der Waals surface area contributed by atoms with Gasteiger partial charge in [0.1, 0.15) is 0 Å². The Hall–Kier alpha value is -1.16. The van der Waals surface area contributed by atoms with Crippen molar-refractivity contribution in [3.63, 3.8) is 0 Å². The van der Waals surface area contributed by atoms with Gasteiger partial charge in [0.05, 0.1) is 0 Å². The summed E-state index contributed by atoms with van der Waals surface area (Å²) >= 11 is 0. The summed E-state index contributed by atoms with van der Waals surface area (Å²) in [6.45, 7) is 12.1. The molecular weight excluding hydrogens is 248 g/mol. The summed E-state index contributed by atoms with van der Waals surface area (Å²) in [5, 5.41) is 3.15. The second-order valence-corrected chi connectivity index (χ2v) is 6.94. The third-order valence-corrected chi connectivity index (χ3v) is 4.44. The maximum Gasteiger partial charge on any atom is 0.225 e. The van der Waals surface area contributed by atoms with Crippen molar-refractivity contribution in [1.29, 1.82) is 0 Å². The summed E-state index contributed by atoms with van der Waals surface area (Å²) in [6.07, 6.45) is 4.44. The van der Waals surface area contributed by atoms with Crippen LogP contribution < -0.4 is 10.2 Å². The van der Waals surface area contributed by atoms with Crippen molar-refractivity contribution in [3.8, 4) is 0 Å². The van der Waals surface area contributed by atoms with Gasteiger partial charge in [0, 0.05) is 37.1 Å². The quantitative estimate of drug-likeness (QED) is 0.921. The first kappa shape index (κ1) is 15.2. The van der Waals surface area contributed by atoms with E-state index in [0.717, 1.165) is 37.2 Å². The minimum absolute atomic E-state index is 0.416. The molecule has 1 N–H and O–H groups in total. The van der Waals surface area contributed by atoms with Crippen LogP contribution in [0, 0.1) is 18.3 Å². The smallest absolute Gasteiger partial charge is 0.225 e. The Morgan fingerprint density at radius 2 is 1.95 bits per heavy atom. The van der Waals surface area contributed by atoms with Gasteiger partial charge in [-0.25, -0.2) is 9.97 Å². The summed E-state index contributed by atoms with van der Waals surface area (Å²) < 4.78 is 0. The van der Waals surface area contributed by atoms with Crippen LogP contribution in [-0.4, -0.2) is 30.1 Å². The van der Waals surface area contributed by atoms with E-state index in [1.807, 2.05) is 13.2 Å². The summed E-state index contributed by atoms with van der Waals surface area (Å²) in [6, 6.07) is 0. The number of hydrogen-bond acceptors (Lipinski definition) is 4. The Balaban J connectivity index is 2.02. The average Bonchev–Trinajstić information content (AvgIpc) is 2.40. The Morgan fingerprint density at radius 3 is 2.45 bits per heavy atom. The molecule has 4 heteroatoms. The molecule has 112 valence electrons. The monoisotopic (exact) mass is 276 g/mol. The van der Waals surface area contributed by atoms with Crippen LogP contribution in [0.4, 0.5) is 5.95 Å². The van der Waals surface area contributed by atoms with E-state index >= 15 is 0 Å². The Labute approximate surface area is 123 Å². The Bertz CT molecular complexity index is 442. The molecule has 0 unspecified atom stereocenters. The van der Waals surface area contributed by atoms with Crippen LogP contribution in [0.3, 0.4) is 0 Å². The third kappa shape index (κ3) is 3.48. The highest BCUT2D eigenvalue weighted by Crippen LogP contribution is 2.34. The van der Waals surface area contributed by atoms with E-state index in [2.05, 4.69) is 47.9 Å². The summed E-state index contributed by atoms with van der Waals surface area (Å²) in [4.78, 5) is 11.6. The fourth-order valence-corrected chi connectivity index (χ4v) is 2.94. The molecule has 0 bridgehead atoms. The predicted octanol–water partition coefficient (Wildman–Crippen LogP) is 2.77. The van der Waals surface area contributed by atoms with E-state index in [-0.39, 0.29) is 0 Å². The second kappa shape index (κ2) is 6.08. The number of aromatic nitrogens is 2. The molecule has 2 rings (SSSR count). The first-order chi connectivity index (χ1) is 9.41. The van der Waals surface area contributed by atoms with Crippen LogP contribution in [0.25, 0.3) is 0 Å². The van der Waals surface area contributed by atoms with Crippen molar-refractivity contribution in [3.05, 3.63) is 17.5 Å². The van der Waals surface area contributed by atoms with Gasteiger partial charge in [0.15, 0.2) is 0 Å². The van der Waals surface area contributed by atoms with Gasteiger partial charge in [-0.1, -0.05) is 20.8 Å². The van der Waals surface area contributed by atoms with Crippen LogP contribution in [-0.2, 0) is 6.54 Å². The van der Waals surface area contributed by atoms with Gasteiger partial charge in [0.2, 0.25) is 5.95 Å². The molecule has 0 spiro atoms. The molecule has 0 atom stereocenters. The minimum atomic E-state index is 0.416. The summed E-state index contributed by atoms with van der Waals surface area (Å²) in [5.74, 6) is 1.71. The van der Waals surface area contributed by atoms with Gasteiger partial charge in [-0.15, -0.1) is 0 Å². The number of nitrogens with zero attached hydrogens (tertiary/aromatic N) is 3. The van der Waals surface area contributed by atoms with Gasteiger partial charge in [0.25, 0.3) is 0 Å². The molecule has 1 aromatic rings. The normalized spacial score (nSPS) is 17.6. The lowest BCUT2D eigenvalue weighted by molar-refractivity contribution is 0.198. The zero-order valence-electron chi connectivity index (χ0n) is 13.5. The van der Waals surface area contributed by atoms with E-state index in [1.165, 1.54) is 18.4 Å². The highest BCUT2D eigenvalue weighted by molar-refractivity contribution is 5.33. The molecule has 1 aliphatic heterocycles. The van der Waals surface area contributed by atoms with Gasteiger partial charge < -0.3 is 10.2 Å². The molecule has 1 saturated heterocycles. The van der Waals surface area contributed by atoms with Crippen LogP contribution >= 0.6 is 0 Å². The number of aryl methyl sites for hydroxylation is 1. The first-order valence-corrected chi connectivity index (χ1v) is 7.64. The minimum Gasteiger partial charge on any atom is -0.341 e. The van der Waals surface area contributed by atoms with Crippen molar-refractivity contribution in [1.82, 2.24) is 15.3 Å². The lowest BCUT2D eigenvalue weighted by Gasteiger charge is -2.38. The lowest BCUT2D eigenvalue weighted by atomic mass is 9.75. The van der Waals surface area contributed by atoms with Crippen molar-refractivity contribution in [2.45, 2.75) is 47.1 Å². The van der Waals surface area contributed by atoms with Crippen molar-refractivity contribution < 1.29 is 0 Å². The topological polar surface area (TPSA) is 41.1 Å². The van der Waals surface area contributed by atoms with Crippen LogP contribution in [0.5, 0.6) is 0 Å². The fourth-order valence-electron chi connectivity index (χ4n) is 2.94. The number of rotatable bonds is 3. The van der Waals surface area contributed by atoms with Gasteiger partial charge >= 0.3 is 0 Å². The predicted molar refractivity (Wildman–Crippen MR) is 83.9 cm³/mol. The highest BCUT2D eigenvalue weighted by Gasteiger charge is 2.29. The van der Waals surface area contributed by atoms with Crippen LogP contribution in [0.1, 0.15) is 44.9 Å². The average molecular weight is 276 g/mol. The Morgan fingerprint density at radius 1 is 1.30 bits per heavy atom. The molecule has 1 aliphatic rings. The number of piperidine rings is 1. The molecule has 1 fully saturated rings. The van der Waals surface area contributed by atoms with Gasteiger partial charge in [-0.2, -0.15) is 0 Å². The molecule has 0 saturated carbocycles. The van der Waals surface area contributed by atoms with Crippen molar-refractivity contribution in [2.24, 2.45) is 11.3 Å². The lowest BCUT2D eigenvalue weighted by Crippen LogP contribution is -2.39. The van der Waals surface area contributed by atoms with E-state index in [9.17, 15) is 0 Å². The third-order valence-electron chi connectivity index (χ3n) is 4.44. The number of nitrogens with one attached hydrogen (secondary N) is 1. The zero-order chi connectivity index (χ0) is 14.8. The zero-order valence-corrected chi connectivity index (χ0v) is 13.5. The Kier molecular flexibility index (Phi) is 4.63. The van der Waals surface area contributed by atoms with Gasteiger partial charge in [-0.05, 0) is 38.1 Å². The molecule has 0 aromatic carbocycles. The standard InChI is InChI=1S/C16H28N4/c1-12-13(10-17-5)11-18-15(19-12)20-8-6-14(7-9-20)16(2,3)4/h11,14,17H,6-10H2,1-5H3. The molecule has 0 amide bonds. The highest BCUT2D eigenvalue weighted by atomic mass is 15.3. The number of anilines is 1. The van der Waals surface area contributed by atoms with Crippen molar-refractivity contribution in [2.75, 3.05) is 25.0 Å². The molecule has 1 aromatic heterocycles. The maximum atomic E-state index is 4.68. The van der Waals surface area contributed by atoms with E-state index < -0.39 is 0 Å². The summed E-state index contributed by atoms with van der Waals surface area (Å²) in [7, 11) is 1.95. The SMILES string of the molecule is CNCc1cnc(N2CCC(C(C)(C)C)CC2)nc1C. The largest absolute Gasteiger partial charge is 0.341 e. The van der Waals surface area contributed by atoms with Crippen LogP contribution in [0.2, 0.25) is 0 Å². The maximum absolute atomic E-state index is 4.68. The second-order valence-electron chi connectivity index (χ2n) is 6.94. The molecule has 2 heterocycles. The number of hydrogen-bond donors (Lipinski definition) is 1. The molecule has 4 nitrogen and oxygen atoms in total. The molecule has 0 radical (unpaired) electrons.